The summed E-state index contributed by atoms with van der Waals surface area (Å²) < 4.78 is 7.15. The van der Waals surface area contributed by atoms with Gasteiger partial charge in [-0.05, 0) is 49.9 Å². The molecule has 2 aromatic heterocycles. The van der Waals surface area contributed by atoms with Crippen molar-refractivity contribution in [3.63, 3.8) is 0 Å². The van der Waals surface area contributed by atoms with Crippen molar-refractivity contribution >= 4 is 16.9 Å². The summed E-state index contributed by atoms with van der Waals surface area (Å²) in [7, 11) is 2.11. The first-order chi connectivity index (χ1) is 12.7. The van der Waals surface area contributed by atoms with Crippen molar-refractivity contribution in [3.05, 3.63) is 66.5 Å². The fourth-order valence-electron chi connectivity index (χ4n) is 3.36. The molecule has 4 heteroatoms. The van der Waals surface area contributed by atoms with E-state index in [9.17, 15) is 4.79 Å². The Morgan fingerprint density at radius 3 is 2.85 bits per heavy atom. The van der Waals surface area contributed by atoms with Crippen LogP contribution in [-0.2, 0) is 23.0 Å². The molecule has 3 aromatic rings. The van der Waals surface area contributed by atoms with Crippen LogP contribution >= 0.6 is 0 Å². The monoisotopic (exact) mass is 348 g/mol. The van der Waals surface area contributed by atoms with Crippen molar-refractivity contribution in [2.45, 2.75) is 26.2 Å². The Labute approximate surface area is 154 Å². The first-order valence-electron chi connectivity index (χ1n) is 9.02. The molecular formula is C22H24N2O2. The Morgan fingerprint density at radius 2 is 2.08 bits per heavy atom. The first-order valence-corrected chi connectivity index (χ1v) is 9.02. The minimum atomic E-state index is -0.270. The predicted molar refractivity (Wildman–Crippen MR) is 105 cm³/mol. The van der Waals surface area contributed by atoms with Crippen LogP contribution in [0, 0.1) is 0 Å². The molecule has 0 radical (unpaired) electrons. The van der Waals surface area contributed by atoms with Gasteiger partial charge in [0.05, 0.1) is 12.3 Å². The maximum absolute atomic E-state index is 11.4. The summed E-state index contributed by atoms with van der Waals surface area (Å²) in [5.41, 5.74) is 4.90. The number of nitrogens with zero attached hydrogens (tertiary/aromatic N) is 2. The van der Waals surface area contributed by atoms with Crippen LogP contribution in [0.5, 0.6) is 0 Å². The van der Waals surface area contributed by atoms with Crippen molar-refractivity contribution in [2.75, 3.05) is 6.61 Å². The lowest BCUT2D eigenvalue weighted by molar-refractivity contribution is -0.137. The Hall–Kier alpha value is -2.88. The number of rotatable bonds is 7. The topological polar surface area (TPSA) is 44.1 Å². The smallest absolute Gasteiger partial charge is 0.330 e. The minimum absolute atomic E-state index is 0.270. The molecule has 0 saturated heterocycles. The zero-order valence-electron chi connectivity index (χ0n) is 15.3. The van der Waals surface area contributed by atoms with E-state index in [0.717, 1.165) is 24.8 Å². The number of fused-ring (bicyclic) bond motifs is 1. The number of carbonyl (C=O) groups is 1. The maximum atomic E-state index is 11.4. The normalized spacial score (nSPS) is 11.3. The number of para-hydroxylation sites is 1. The molecule has 1 aromatic carbocycles. The largest absolute Gasteiger partial charge is 0.463 e. The highest BCUT2D eigenvalue weighted by atomic mass is 16.5. The highest BCUT2D eigenvalue weighted by Gasteiger charge is 2.15. The molecule has 0 aliphatic rings. The molecule has 2 heterocycles. The summed E-state index contributed by atoms with van der Waals surface area (Å²) in [4.78, 5) is 15.7. The van der Waals surface area contributed by atoms with E-state index < -0.39 is 0 Å². The van der Waals surface area contributed by atoms with Crippen molar-refractivity contribution in [2.24, 2.45) is 7.05 Å². The second-order valence-electron chi connectivity index (χ2n) is 6.19. The van der Waals surface area contributed by atoms with Crippen LogP contribution in [0.15, 0.2) is 60.9 Å². The highest BCUT2D eigenvalue weighted by Crippen LogP contribution is 2.33. The average Bonchev–Trinajstić information content (AvgIpc) is 2.95. The standard InChI is InChI=1S/C22H24N2O2/c1-3-26-21(25)14-6-4-5-12-19-18-11-7-8-13-20(18)24(2)22(19)17-10-9-15-23-16-17/h6-11,13-16H,3-5,12H2,1-2H3/b14-6+. The van der Waals surface area contributed by atoms with Crippen LogP contribution < -0.4 is 0 Å². The SMILES string of the molecule is CCOC(=O)/C=C/CCCc1c(-c2cccnc2)n(C)c2ccccc12. The summed E-state index contributed by atoms with van der Waals surface area (Å²) >= 11 is 0. The second-order valence-corrected chi connectivity index (χ2v) is 6.19. The Bertz CT molecular complexity index is 911. The van der Waals surface area contributed by atoms with Crippen LogP contribution in [-0.4, -0.2) is 22.1 Å². The summed E-state index contributed by atoms with van der Waals surface area (Å²) in [6, 6.07) is 12.6. The third-order valence-electron chi connectivity index (χ3n) is 4.48. The summed E-state index contributed by atoms with van der Waals surface area (Å²) in [6.45, 7) is 2.22. The first kappa shape index (κ1) is 17.9. The number of allylic oxidation sites excluding steroid dienone is 1. The number of hydrogen-bond donors (Lipinski definition) is 0. The number of esters is 1. The molecule has 0 saturated carbocycles. The molecule has 0 bridgehead atoms. The van der Waals surface area contributed by atoms with Crippen molar-refractivity contribution in [1.82, 2.24) is 9.55 Å². The van der Waals surface area contributed by atoms with Crippen LogP contribution in [0.2, 0.25) is 0 Å². The second kappa shape index (κ2) is 8.48. The lowest BCUT2D eigenvalue weighted by Gasteiger charge is -2.08. The van der Waals surface area contributed by atoms with Crippen LogP contribution in [0.4, 0.5) is 0 Å². The molecule has 0 unspecified atom stereocenters. The zero-order chi connectivity index (χ0) is 18.4. The molecule has 0 aliphatic carbocycles. The Kier molecular flexibility index (Phi) is 5.84. The van der Waals surface area contributed by atoms with Crippen molar-refractivity contribution < 1.29 is 9.53 Å². The van der Waals surface area contributed by atoms with Crippen LogP contribution in [0.1, 0.15) is 25.3 Å². The van der Waals surface area contributed by atoms with E-state index in [0.29, 0.717) is 6.61 Å². The number of pyridine rings is 1. The third-order valence-corrected chi connectivity index (χ3v) is 4.48. The van der Waals surface area contributed by atoms with E-state index in [-0.39, 0.29) is 5.97 Å². The van der Waals surface area contributed by atoms with E-state index in [1.54, 1.807) is 6.20 Å². The van der Waals surface area contributed by atoms with Gasteiger partial charge >= 0.3 is 5.97 Å². The summed E-state index contributed by atoms with van der Waals surface area (Å²) in [5.74, 6) is -0.270. The van der Waals surface area contributed by atoms with Crippen molar-refractivity contribution in [1.29, 1.82) is 0 Å². The molecule has 0 spiro atoms. The number of hydrogen-bond acceptors (Lipinski definition) is 3. The van der Waals surface area contributed by atoms with Gasteiger partial charge in [0.25, 0.3) is 0 Å². The molecule has 26 heavy (non-hydrogen) atoms. The molecule has 0 N–H and O–H groups in total. The van der Waals surface area contributed by atoms with E-state index >= 15 is 0 Å². The van der Waals surface area contributed by atoms with Gasteiger partial charge in [-0.15, -0.1) is 0 Å². The number of benzene rings is 1. The molecular weight excluding hydrogens is 324 g/mol. The van der Waals surface area contributed by atoms with Gasteiger partial charge in [-0.1, -0.05) is 24.3 Å². The van der Waals surface area contributed by atoms with Gasteiger partial charge in [-0.25, -0.2) is 4.79 Å². The molecule has 0 aliphatic heterocycles. The fourth-order valence-corrected chi connectivity index (χ4v) is 3.36. The Morgan fingerprint density at radius 1 is 1.23 bits per heavy atom. The third kappa shape index (κ3) is 3.85. The van der Waals surface area contributed by atoms with Gasteiger partial charge in [0.1, 0.15) is 0 Å². The van der Waals surface area contributed by atoms with Gasteiger partial charge in [-0.3, -0.25) is 4.98 Å². The molecule has 4 nitrogen and oxygen atoms in total. The van der Waals surface area contributed by atoms with Crippen LogP contribution in [0.3, 0.4) is 0 Å². The molecule has 134 valence electrons. The Balaban J connectivity index is 1.84. The molecule has 0 fully saturated rings. The minimum Gasteiger partial charge on any atom is -0.463 e. The van der Waals surface area contributed by atoms with E-state index in [2.05, 4.69) is 46.9 Å². The molecule has 0 amide bonds. The van der Waals surface area contributed by atoms with Crippen molar-refractivity contribution in [3.8, 4) is 11.3 Å². The van der Waals surface area contributed by atoms with Crippen LogP contribution in [0.25, 0.3) is 22.2 Å². The van der Waals surface area contributed by atoms with Gasteiger partial charge in [-0.2, -0.15) is 0 Å². The maximum Gasteiger partial charge on any atom is 0.330 e. The van der Waals surface area contributed by atoms with E-state index in [4.69, 9.17) is 4.74 Å². The summed E-state index contributed by atoms with van der Waals surface area (Å²) in [6.07, 6.45) is 9.89. The van der Waals surface area contributed by atoms with Gasteiger partial charge in [0.15, 0.2) is 0 Å². The van der Waals surface area contributed by atoms with Gasteiger partial charge in [0.2, 0.25) is 0 Å². The average molecular weight is 348 g/mol. The number of aromatic nitrogens is 2. The quantitative estimate of drug-likeness (QED) is 0.354. The zero-order valence-corrected chi connectivity index (χ0v) is 15.3. The number of carbonyl (C=O) groups excluding carboxylic acids is 1. The lowest BCUT2D eigenvalue weighted by atomic mass is 10.0. The summed E-state index contributed by atoms with van der Waals surface area (Å²) in [5, 5.41) is 1.28. The van der Waals surface area contributed by atoms with Gasteiger partial charge in [0, 0.05) is 42.0 Å². The van der Waals surface area contributed by atoms with E-state index in [1.165, 1.54) is 28.2 Å². The van der Waals surface area contributed by atoms with Gasteiger partial charge < -0.3 is 9.30 Å². The molecule has 3 rings (SSSR count). The highest BCUT2D eigenvalue weighted by molar-refractivity contribution is 5.91. The number of unbranched alkanes of at least 4 members (excludes halogenated alkanes) is 1. The lowest BCUT2D eigenvalue weighted by Crippen LogP contribution is -1.98. The number of aryl methyl sites for hydroxylation is 2. The fraction of sp³-hybridized carbons (Fsp3) is 0.273. The predicted octanol–water partition coefficient (Wildman–Crippen LogP) is 4.68. The molecule has 0 atom stereocenters. The number of ether oxygens (including phenoxy) is 1. The van der Waals surface area contributed by atoms with E-state index in [1.807, 2.05) is 25.3 Å².